The highest BCUT2D eigenvalue weighted by atomic mass is 16.1. The van der Waals surface area contributed by atoms with Gasteiger partial charge in [-0.25, -0.2) is 0 Å². The lowest BCUT2D eigenvalue weighted by atomic mass is 9.77. The predicted molar refractivity (Wildman–Crippen MR) is 100 cm³/mol. The van der Waals surface area contributed by atoms with E-state index in [1.54, 1.807) is 0 Å². The van der Waals surface area contributed by atoms with E-state index in [0.717, 1.165) is 30.4 Å². The molecule has 4 aliphatic rings. The lowest BCUT2D eigenvalue weighted by molar-refractivity contribution is 0.0889. The minimum absolute atomic E-state index is 0.332. The molecule has 0 saturated carbocycles. The molecule has 4 aliphatic carbocycles. The summed E-state index contributed by atoms with van der Waals surface area (Å²) >= 11 is 0. The van der Waals surface area contributed by atoms with E-state index in [2.05, 4.69) is 30.8 Å². The Kier molecular flexibility index (Phi) is 2.54. The van der Waals surface area contributed by atoms with Crippen molar-refractivity contribution in [2.24, 2.45) is 5.41 Å². The summed E-state index contributed by atoms with van der Waals surface area (Å²) in [7, 11) is 0. The highest BCUT2D eigenvalue weighted by molar-refractivity contribution is 6.13. The molecule has 2 aromatic carbocycles. The van der Waals surface area contributed by atoms with Crippen LogP contribution in [0, 0.1) is 5.41 Å². The third-order valence-corrected chi connectivity index (χ3v) is 7.20. The molecular weight excluding hydrogens is 304 g/mol. The summed E-state index contributed by atoms with van der Waals surface area (Å²) in [5.41, 5.74) is 11.5. The average molecular weight is 326 g/mol. The topological polar surface area (TPSA) is 17.1 Å². The van der Waals surface area contributed by atoms with Gasteiger partial charge in [-0.3, -0.25) is 4.79 Å². The molecule has 0 fully saturated rings. The largest absolute Gasteiger partial charge is 0.293 e. The quantitative estimate of drug-likeness (QED) is 0.688. The average Bonchev–Trinajstić information content (AvgIpc) is 3.34. The Morgan fingerprint density at radius 1 is 0.680 bits per heavy atom. The molecule has 1 atom stereocenters. The predicted octanol–water partition coefficient (Wildman–Crippen LogP) is 4.66. The highest BCUT2D eigenvalue weighted by Crippen LogP contribution is 2.54. The molecule has 25 heavy (non-hydrogen) atoms. The van der Waals surface area contributed by atoms with Crippen molar-refractivity contribution in [1.82, 2.24) is 0 Å². The molecule has 1 spiro atoms. The molecule has 124 valence electrons. The Morgan fingerprint density at radius 2 is 1.16 bits per heavy atom. The van der Waals surface area contributed by atoms with Gasteiger partial charge in [-0.05, 0) is 102 Å². The normalized spacial score (nSPS) is 25.4. The first kappa shape index (κ1) is 14.1. The number of carbonyl (C=O) groups excluding carboxylic acids is 1. The maximum atomic E-state index is 13.5. The Hall–Kier alpha value is -2.15. The van der Waals surface area contributed by atoms with Gasteiger partial charge in [0.2, 0.25) is 0 Å². The number of rotatable bonds is 0. The van der Waals surface area contributed by atoms with Gasteiger partial charge in [0.05, 0.1) is 5.41 Å². The summed E-state index contributed by atoms with van der Waals surface area (Å²) in [6.07, 6.45) is 8.91. The van der Waals surface area contributed by atoms with E-state index in [1.165, 1.54) is 71.0 Å². The van der Waals surface area contributed by atoms with E-state index >= 15 is 0 Å². The van der Waals surface area contributed by atoms with Crippen molar-refractivity contribution < 1.29 is 4.79 Å². The molecule has 0 heterocycles. The first-order chi connectivity index (χ1) is 12.2. The smallest absolute Gasteiger partial charge is 0.174 e. The fourth-order valence-electron chi connectivity index (χ4n) is 5.87. The maximum Gasteiger partial charge on any atom is 0.174 e. The van der Waals surface area contributed by atoms with Crippen LogP contribution in [0.2, 0.25) is 0 Å². The molecule has 0 aliphatic heterocycles. The maximum absolute atomic E-state index is 13.5. The number of aryl methyl sites for hydroxylation is 4. The minimum atomic E-state index is -0.394. The van der Waals surface area contributed by atoms with E-state index in [9.17, 15) is 4.79 Å². The summed E-state index contributed by atoms with van der Waals surface area (Å²) in [4.78, 5) is 13.5. The molecule has 0 amide bonds. The molecular formula is C24H22O. The molecule has 0 radical (unpaired) electrons. The van der Waals surface area contributed by atoms with Crippen LogP contribution in [-0.4, -0.2) is 5.78 Å². The summed E-state index contributed by atoms with van der Waals surface area (Å²) < 4.78 is 0. The van der Waals surface area contributed by atoms with Crippen molar-refractivity contribution in [2.45, 2.75) is 51.4 Å². The fourth-order valence-corrected chi connectivity index (χ4v) is 5.87. The molecule has 1 heteroatoms. The number of carbonyl (C=O) groups is 1. The van der Waals surface area contributed by atoms with Gasteiger partial charge < -0.3 is 0 Å². The number of allylic oxidation sites excluding steroid dienone is 1. The van der Waals surface area contributed by atoms with Crippen molar-refractivity contribution in [3.05, 3.63) is 75.4 Å². The van der Waals surface area contributed by atoms with Crippen LogP contribution >= 0.6 is 0 Å². The van der Waals surface area contributed by atoms with E-state index in [-0.39, 0.29) is 0 Å². The zero-order chi connectivity index (χ0) is 16.8. The van der Waals surface area contributed by atoms with Gasteiger partial charge in [-0.15, -0.1) is 0 Å². The van der Waals surface area contributed by atoms with Gasteiger partial charge in [0.15, 0.2) is 5.78 Å². The van der Waals surface area contributed by atoms with Gasteiger partial charge in [0.25, 0.3) is 0 Å². The second-order valence-electron chi connectivity index (χ2n) is 8.51. The molecule has 6 rings (SSSR count). The van der Waals surface area contributed by atoms with Crippen LogP contribution in [-0.2, 0) is 38.5 Å². The van der Waals surface area contributed by atoms with Gasteiger partial charge in [0, 0.05) is 5.56 Å². The van der Waals surface area contributed by atoms with Crippen LogP contribution in [0.15, 0.2) is 30.8 Å². The van der Waals surface area contributed by atoms with Gasteiger partial charge in [0.1, 0.15) is 0 Å². The monoisotopic (exact) mass is 326 g/mol. The Labute approximate surface area is 148 Å². The number of hydrogen-bond acceptors (Lipinski definition) is 1. The third-order valence-electron chi connectivity index (χ3n) is 7.20. The number of Topliss-reactive ketones (excluding diaryl/α,β-unsaturated/α-hetero) is 1. The van der Waals surface area contributed by atoms with Crippen LogP contribution in [0.5, 0.6) is 0 Å². The van der Waals surface area contributed by atoms with Crippen LogP contribution in [0.1, 0.15) is 62.1 Å². The number of benzene rings is 2. The number of ketones is 1. The zero-order valence-corrected chi connectivity index (χ0v) is 14.6. The van der Waals surface area contributed by atoms with E-state index < -0.39 is 5.41 Å². The molecule has 0 aromatic heterocycles. The van der Waals surface area contributed by atoms with Crippen molar-refractivity contribution >= 4 is 11.4 Å². The van der Waals surface area contributed by atoms with Crippen molar-refractivity contribution in [3.8, 4) is 0 Å². The standard InChI is InChI=1S/C24H22O/c1-14-21-10-17-6-2-4-15(17)8-19(21)12-24(14)13-20-9-16-5-3-7-18(16)11-22(20)23(24)25/h8-11H,1-7,12-13H2/t24-/m0/s1. The van der Waals surface area contributed by atoms with E-state index in [1.807, 2.05) is 0 Å². The molecule has 0 bridgehead atoms. The lowest BCUT2D eigenvalue weighted by Gasteiger charge is -2.22. The van der Waals surface area contributed by atoms with Crippen LogP contribution in [0.4, 0.5) is 0 Å². The molecule has 0 unspecified atom stereocenters. The minimum Gasteiger partial charge on any atom is -0.293 e. The third kappa shape index (κ3) is 1.67. The second kappa shape index (κ2) is 4.52. The first-order valence-electron chi connectivity index (χ1n) is 9.70. The summed E-state index contributed by atoms with van der Waals surface area (Å²) in [6.45, 7) is 4.45. The van der Waals surface area contributed by atoms with E-state index in [4.69, 9.17) is 0 Å². The Bertz CT molecular complexity index is 910. The van der Waals surface area contributed by atoms with Crippen molar-refractivity contribution in [1.29, 1.82) is 0 Å². The van der Waals surface area contributed by atoms with Crippen molar-refractivity contribution in [2.75, 3.05) is 0 Å². The zero-order valence-electron chi connectivity index (χ0n) is 14.6. The van der Waals surface area contributed by atoms with Gasteiger partial charge >= 0.3 is 0 Å². The van der Waals surface area contributed by atoms with Crippen molar-refractivity contribution in [3.63, 3.8) is 0 Å². The van der Waals surface area contributed by atoms with E-state index in [0.29, 0.717) is 5.78 Å². The molecule has 0 saturated heterocycles. The second-order valence-corrected chi connectivity index (χ2v) is 8.51. The summed E-state index contributed by atoms with van der Waals surface area (Å²) in [5, 5.41) is 0. The van der Waals surface area contributed by atoms with Crippen LogP contribution in [0.3, 0.4) is 0 Å². The fraction of sp³-hybridized carbons (Fsp3) is 0.375. The summed E-state index contributed by atoms with van der Waals surface area (Å²) in [5.74, 6) is 0.332. The van der Waals surface area contributed by atoms with Gasteiger partial charge in [-0.1, -0.05) is 24.8 Å². The number of fused-ring (bicyclic) bond motifs is 4. The SMILES string of the molecule is C=C1c2cc3c(cc2C[C@]12Cc1cc4c(cc1C2=O)CCC4)CCC3. The Morgan fingerprint density at radius 3 is 1.76 bits per heavy atom. The lowest BCUT2D eigenvalue weighted by Crippen LogP contribution is -2.27. The molecule has 2 aromatic rings. The first-order valence-corrected chi connectivity index (χ1v) is 9.70. The summed E-state index contributed by atoms with van der Waals surface area (Å²) in [6, 6.07) is 9.28. The Balaban J connectivity index is 1.47. The molecule has 1 nitrogen and oxygen atoms in total. The number of hydrogen-bond donors (Lipinski definition) is 0. The van der Waals surface area contributed by atoms with Crippen LogP contribution in [0.25, 0.3) is 5.57 Å². The van der Waals surface area contributed by atoms with Crippen LogP contribution < -0.4 is 0 Å². The molecule has 0 N–H and O–H groups in total. The van der Waals surface area contributed by atoms with Gasteiger partial charge in [-0.2, -0.15) is 0 Å². The highest BCUT2D eigenvalue weighted by Gasteiger charge is 2.52.